The van der Waals surface area contributed by atoms with Crippen LogP contribution in [0.2, 0.25) is 0 Å². The molecule has 0 spiro atoms. The van der Waals surface area contributed by atoms with Gasteiger partial charge in [0.25, 0.3) is 0 Å². The highest BCUT2D eigenvalue weighted by Gasteiger charge is 2.48. The lowest BCUT2D eigenvalue weighted by atomic mass is 9.93. The van der Waals surface area contributed by atoms with E-state index in [2.05, 4.69) is 239 Å². The second kappa shape index (κ2) is 50.9. The van der Waals surface area contributed by atoms with Crippen LogP contribution < -0.4 is 4.74 Å². The van der Waals surface area contributed by atoms with Gasteiger partial charge in [0, 0.05) is 88.9 Å². The summed E-state index contributed by atoms with van der Waals surface area (Å²) >= 11 is 33.4. The van der Waals surface area contributed by atoms with Crippen LogP contribution in [0.3, 0.4) is 0 Å². The summed E-state index contributed by atoms with van der Waals surface area (Å²) in [7, 11) is -8.66. The molecule has 7 aliphatic heterocycles. The number of aryl methyl sites for hydroxylation is 9. The second-order valence-corrected chi connectivity index (χ2v) is 48.1. The van der Waals surface area contributed by atoms with Crippen molar-refractivity contribution >= 4 is 204 Å². The lowest BCUT2D eigenvalue weighted by Crippen LogP contribution is -2.42. The number of hydrogen-bond acceptors (Lipinski definition) is 20. The number of sulfone groups is 3. The number of aromatic nitrogens is 12. The fraction of sp³-hybridized carbons (Fsp3) is 0.516. The van der Waals surface area contributed by atoms with Crippen molar-refractivity contribution in [1.29, 1.82) is 0 Å². The first-order chi connectivity index (χ1) is 61.7. The SMILES string of the molecule is BrC1=NCC(Br)=C1Br.C=Cc1cc(C2CC(C)(S(=O)(=O)c3cccc(C)c3)CCO2)n(CC)n1.CC1CCOC(C2=CC(Br)=NC2)C1.CCn1nc(Br)cc1Br.CCn1nc(Br)cc1C1CC(C)(S(=O)(=O)c2cccc(C)c2)CCO1.CCn1nc(Br)cc1C1CC(C)CCO1.CCn1nc(Br)cc1C1CC(S(=O)(=O)c2cccc(C)c2)CCO1.CCn1nc(Br)cc1OC. The minimum atomic E-state index is -3.47. The van der Waals surface area contributed by atoms with Crippen LogP contribution in [0.5, 0.6) is 5.88 Å². The van der Waals surface area contributed by atoms with Gasteiger partial charge in [0.05, 0.1) is 94.8 Å². The molecule has 10 atom stereocenters. The van der Waals surface area contributed by atoms with Crippen molar-refractivity contribution in [1.82, 2.24) is 58.7 Å². The zero-order chi connectivity index (χ0) is 95.2. The topological polar surface area (TPSA) is 289 Å². The summed E-state index contributed by atoms with van der Waals surface area (Å²) in [5.74, 6) is 2.33. The average Bonchev–Trinajstić information content (AvgIpc) is 1.04. The van der Waals surface area contributed by atoms with Gasteiger partial charge in [-0.25, -0.2) is 29.9 Å². The van der Waals surface area contributed by atoms with E-state index in [0.717, 1.165) is 168 Å². The van der Waals surface area contributed by atoms with Crippen LogP contribution in [0.25, 0.3) is 6.08 Å². The van der Waals surface area contributed by atoms with Gasteiger partial charge >= 0.3 is 0 Å². The van der Waals surface area contributed by atoms with Crippen LogP contribution in [-0.4, -0.2) is 167 Å². The molecular formula is C91H118Br10N14O12S3. The Morgan fingerprint density at radius 1 is 0.454 bits per heavy atom. The maximum Gasteiger partial charge on any atom is 0.212 e. The van der Waals surface area contributed by atoms with Crippen LogP contribution >= 0.6 is 159 Å². The van der Waals surface area contributed by atoms with Crippen molar-refractivity contribution in [3.05, 3.63) is 209 Å². The Balaban J connectivity index is 0.000000173. The largest absolute Gasteiger partial charge is 0.481 e. The van der Waals surface area contributed by atoms with E-state index >= 15 is 0 Å². The van der Waals surface area contributed by atoms with Crippen LogP contribution in [0, 0.1) is 32.6 Å². The molecule has 5 saturated heterocycles. The van der Waals surface area contributed by atoms with Gasteiger partial charge in [0.1, 0.15) is 55.2 Å². The predicted octanol–water partition coefficient (Wildman–Crippen LogP) is 24.2. The fourth-order valence-corrected chi connectivity index (χ4v) is 25.9. The third-order valence-corrected chi connectivity index (χ3v) is 36.7. The highest BCUT2D eigenvalue weighted by molar-refractivity contribution is 9.21. The third kappa shape index (κ3) is 29.4. The first kappa shape index (κ1) is 109. The van der Waals surface area contributed by atoms with Gasteiger partial charge in [-0.05, 0) is 391 Å². The van der Waals surface area contributed by atoms with E-state index in [1.807, 2.05) is 141 Å². The number of rotatable bonds is 19. The maximum absolute atomic E-state index is 13.4. The fourth-order valence-electron chi connectivity index (χ4n) is 15.7. The Morgan fingerprint density at radius 2 is 0.846 bits per heavy atom. The number of benzene rings is 3. The zero-order valence-electron chi connectivity index (χ0n) is 75.8. The standard InChI is InChI=1S/C20H26N2O3S.C18H23BrN2O3S.C17H21BrN2O3S.C11H17BrN2O.C10H14BrNO.C6H9BrN2O.C5H6Br2N2.C4H2Br3N/c1-5-16-13-18(22(6-2)21-16)19-14-20(4,10-11-25-19)26(23,24)17-9-7-8-15(3)12-17;1-4-21-15(11-17(19)20-21)16-12-18(3,8-9-24-16)25(22,23)14-7-5-6-13(2)10-14;1-3-20-15(11-17(18)19-20)16-10-14(7-8-23-16)24(21,22)13-6-4-5-12(2)9-13;1-3-14-9(7-11(12)13-14)10-6-8(2)4-5-15-10;1-7-2-3-13-9(4-7)8-5-10(11)12-6-8;1-3-9-6(10-2)4-5(7)8-9;1-2-9-5(7)3-4(6)8-9;5-2-1-8-4(7)3(2)6/h5,7-9,12-13,19H,1,6,10-11,14H2,2-4H3;5-7,10-11,16H,4,8-9,12H2,1-3H3;4-6,9,11,14,16H,3,7-8,10H2,1-2H3;7-8,10H,3-6H2,1-2H3;5,7,9H,2-4,6H2,1H3;4H,3H2,1-2H3;3H,2H2,1H3;1H2. The molecule has 7 aliphatic rings. The van der Waals surface area contributed by atoms with Crippen LogP contribution in [0.15, 0.2) is 189 Å². The van der Waals surface area contributed by atoms with Crippen molar-refractivity contribution in [2.75, 3.05) is 53.2 Å². The molecule has 6 aromatic heterocycles. The van der Waals surface area contributed by atoms with Crippen molar-refractivity contribution in [3.8, 4) is 5.88 Å². The molecular weight excluding hydrogens is 2380 g/mol. The van der Waals surface area contributed by atoms with Crippen LogP contribution in [0.4, 0.5) is 0 Å². The molecule has 0 aliphatic carbocycles. The molecule has 9 aromatic rings. The Bertz CT molecular complexity index is 5750. The summed E-state index contributed by atoms with van der Waals surface area (Å²) in [5.41, 5.74) is 8.90. The van der Waals surface area contributed by atoms with E-state index in [0.29, 0.717) is 92.2 Å². The Kier molecular flexibility index (Phi) is 42.8. The summed E-state index contributed by atoms with van der Waals surface area (Å²) < 4.78 is 132. The number of allylic oxidation sites excluding steroid dienone is 2. The molecule has 0 bridgehead atoms. The summed E-state index contributed by atoms with van der Waals surface area (Å²) in [6, 6.07) is 33.0. The van der Waals surface area contributed by atoms with E-state index in [9.17, 15) is 25.3 Å². The maximum atomic E-state index is 13.4. The Labute approximate surface area is 851 Å². The number of hydrogen-bond donors (Lipinski definition) is 0. The molecule has 130 heavy (non-hydrogen) atoms. The Morgan fingerprint density at radius 3 is 1.23 bits per heavy atom. The molecule has 39 heteroatoms. The minimum Gasteiger partial charge on any atom is -0.481 e. The highest BCUT2D eigenvalue weighted by Crippen LogP contribution is 2.46. The minimum absolute atomic E-state index is 0.229. The van der Waals surface area contributed by atoms with Crippen molar-refractivity contribution in [2.45, 2.75) is 253 Å². The predicted molar refractivity (Wildman–Crippen MR) is 550 cm³/mol. The van der Waals surface area contributed by atoms with Gasteiger partial charge in [0.2, 0.25) is 5.88 Å². The van der Waals surface area contributed by atoms with E-state index in [1.165, 1.54) is 24.1 Å². The first-order valence-electron chi connectivity index (χ1n) is 43.4. The molecule has 5 fully saturated rings. The quantitative estimate of drug-likeness (QED) is 0.0726. The summed E-state index contributed by atoms with van der Waals surface area (Å²) in [6.45, 7) is 39.3. The number of ether oxygens (including phenoxy) is 6. The molecule has 0 N–H and O–H groups in total. The molecule has 3 aromatic carbocycles. The highest BCUT2D eigenvalue weighted by atomic mass is 79.9. The monoisotopic (exact) mass is 2480 g/mol. The summed E-state index contributed by atoms with van der Waals surface area (Å²) in [4.78, 5) is 9.52. The first-order valence-corrected chi connectivity index (χ1v) is 55.8. The van der Waals surface area contributed by atoms with Crippen LogP contribution in [0.1, 0.15) is 203 Å². The van der Waals surface area contributed by atoms with Gasteiger partial charge in [-0.15, -0.1) is 0 Å². The Hall–Kier alpha value is -4.27. The lowest BCUT2D eigenvalue weighted by Gasteiger charge is -2.37. The van der Waals surface area contributed by atoms with Crippen LogP contribution in [-0.2, 0) is 92.5 Å². The second-order valence-electron chi connectivity index (χ2n) is 32.8. The molecule has 712 valence electrons. The summed E-state index contributed by atoms with van der Waals surface area (Å²) in [6.07, 6.45) is 10.9. The number of methoxy groups -OCH3 is 1. The van der Waals surface area contributed by atoms with Gasteiger partial charge in [-0.3, -0.25) is 33.4 Å². The van der Waals surface area contributed by atoms with E-state index < -0.39 is 44.3 Å². The normalized spacial score (nSPS) is 22.7. The number of nitrogens with zero attached hydrogens (tertiary/aromatic N) is 14. The molecule has 10 unspecified atom stereocenters. The zero-order valence-corrected chi connectivity index (χ0v) is 94.1. The molecule has 0 amide bonds. The average molecular weight is 2500 g/mol. The van der Waals surface area contributed by atoms with Gasteiger partial charge in [-0.1, -0.05) is 72.8 Å². The van der Waals surface area contributed by atoms with Gasteiger partial charge < -0.3 is 28.4 Å². The number of halogens is 10. The molecule has 16 rings (SSSR count). The van der Waals surface area contributed by atoms with Crippen molar-refractivity contribution < 1.29 is 53.7 Å². The van der Waals surface area contributed by atoms with E-state index in [4.69, 9.17) is 28.4 Å². The summed E-state index contributed by atoms with van der Waals surface area (Å²) in [5, 5.41) is 25.4. The molecule has 0 saturated carbocycles. The van der Waals surface area contributed by atoms with E-state index in [-0.39, 0.29) is 24.4 Å². The smallest absolute Gasteiger partial charge is 0.212 e. The van der Waals surface area contributed by atoms with E-state index in [1.54, 1.807) is 72.5 Å². The third-order valence-electron chi connectivity index (χ3n) is 23.1. The molecule has 26 nitrogen and oxygen atoms in total. The van der Waals surface area contributed by atoms with Gasteiger partial charge in [-0.2, -0.15) is 30.6 Å². The lowest BCUT2D eigenvalue weighted by molar-refractivity contribution is -0.0112. The molecule has 13 heterocycles. The number of aliphatic imine (C=N–C) groups is 2. The van der Waals surface area contributed by atoms with Gasteiger partial charge in [0.15, 0.2) is 29.5 Å². The van der Waals surface area contributed by atoms with Crippen molar-refractivity contribution in [2.24, 2.45) is 21.8 Å². The van der Waals surface area contributed by atoms with Crippen molar-refractivity contribution in [3.63, 3.8) is 0 Å². The molecule has 0 radical (unpaired) electrons.